The first-order valence-corrected chi connectivity index (χ1v) is 9.30. The molecule has 1 rings (SSSR count). The van der Waals surface area contributed by atoms with Gasteiger partial charge in [-0.2, -0.15) is 5.06 Å². The highest BCUT2D eigenvalue weighted by Crippen LogP contribution is 2.10. The normalized spacial score (nSPS) is 11.2. The van der Waals surface area contributed by atoms with E-state index in [9.17, 15) is 5.21 Å². The number of nitrogens with zero attached hydrogens (tertiary/aromatic N) is 1. The van der Waals surface area contributed by atoms with Gasteiger partial charge in [-0.05, 0) is 18.4 Å². The van der Waals surface area contributed by atoms with Crippen LogP contribution in [0.25, 0.3) is 0 Å². The van der Waals surface area contributed by atoms with Crippen LogP contribution in [0, 0.1) is 0 Å². The van der Waals surface area contributed by atoms with Gasteiger partial charge >= 0.3 is 0 Å². The van der Waals surface area contributed by atoms with Crippen molar-refractivity contribution >= 4 is 0 Å². The maximum absolute atomic E-state index is 9.87. The minimum Gasteiger partial charge on any atom is -0.314 e. The van der Waals surface area contributed by atoms with Gasteiger partial charge in [0, 0.05) is 13.1 Å². The van der Waals surface area contributed by atoms with Crippen LogP contribution in [0.1, 0.15) is 76.7 Å². The summed E-state index contributed by atoms with van der Waals surface area (Å²) >= 11 is 0. The molecule has 0 aliphatic rings. The average Bonchev–Trinajstić information content (AvgIpc) is 2.55. The van der Waals surface area contributed by atoms with Crippen LogP contribution < -0.4 is 0 Å². The topological polar surface area (TPSA) is 23.5 Å². The van der Waals surface area contributed by atoms with Crippen LogP contribution in [0.4, 0.5) is 0 Å². The van der Waals surface area contributed by atoms with E-state index < -0.39 is 0 Å². The molecule has 0 saturated carbocycles. The molecule has 2 nitrogen and oxygen atoms in total. The Morgan fingerprint density at radius 3 is 1.86 bits per heavy atom. The molecule has 1 aromatic rings. The number of unbranched alkanes of at least 4 members (excludes halogenated alkanes) is 9. The number of hydroxylamine groups is 2. The zero-order chi connectivity index (χ0) is 15.9. The van der Waals surface area contributed by atoms with E-state index in [-0.39, 0.29) is 0 Å². The van der Waals surface area contributed by atoms with E-state index in [0.717, 1.165) is 25.9 Å². The summed E-state index contributed by atoms with van der Waals surface area (Å²) in [5.41, 5.74) is 1.30. The summed E-state index contributed by atoms with van der Waals surface area (Å²) in [6.07, 6.45) is 14.3. The van der Waals surface area contributed by atoms with Gasteiger partial charge in [0.05, 0.1) is 0 Å². The molecular weight excluding hydrogens is 270 g/mol. The molecule has 2 heteroatoms. The van der Waals surface area contributed by atoms with Gasteiger partial charge in [0.2, 0.25) is 0 Å². The van der Waals surface area contributed by atoms with Crippen molar-refractivity contribution in [2.75, 3.05) is 13.1 Å². The Hall–Kier alpha value is -0.860. The van der Waals surface area contributed by atoms with Crippen molar-refractivity contribution in [2.45, 2.75) is 77.6 Å². The fraction of sp³-hybridized carbons (Fsp3) is 0.700. The highest BCUT2D eigenvalue weighted by molar-refractivity contribution is 5.14. The van der Waals surface area contributed by atoms with Gasteiger partial charge in [0.25, 0.3) is 0 Å². The fourth-order valence-electron chi connectivity index (χ4n) is 2.80. The second-order valence-corrected chi connectivity index (χ2v) is 6.37. The van der Waals surface area contributed by atoms with Crippen molar-refractivity contribution in [3.63, 3.8) is 0 Å². The smallest absolute Gasteiger partial charge is 0.0278 e. The highest BCUT2D eigenvalue weighted by atomic mass is 16.5. The zero-order valence-electron chi connectivity index (χ0n) is 14.5. The molecule has 0 amide bonds. The lowest BCUT2D eigenvalue weighted by Gasteiger charge is -2.14. The second kappa shape index (κ2) is 13.8. The standard InChI is InChI=1S/C20H35NO/c1-2-3-4-5-6-7-8-9-10-14-18-21(22)19-17-20-15-12-11-13-16-20/h11-13,15-16,22H,2-10,14,17-19H2,1H3. The minimum absolute atomic E-state index is 0.738. The second-order valence-electron chi connectivity index (χ2n) is 6.37. The van der Waals surface area contributed by atoms with Gasteiger partial charge in [0.1, 0.15) is 0 Å². The molecule has 0 radical (unpaired) electrons. The lowest BCUT2D eigenvalue weighted by atomic mass is 10.1. The third-order valence-corrected chi connectivity index (χ3v) is 4.27. The van der Waals surface area contributed by atoms with Crippen LogP contribution in [-0.4, -0.2) is 23.4 Å². The molecule has 126 valence electrons. The first-order valence-electron chi connectivity index (χ1n) is 9.30. The average molecular weight is 306 g/mol. The molecule has 22 heavy (non-hydrogen) atoms. The first-order chi connectivity index (χ1) is 10.8. The summed E-state index contributed by atoms with van der Waals surface area (Å²) in [5.74, 6) is 0. The Bertz CT molecular complexity index is 339. The van der Waals surface area contributed by atoms with Gasteiger partial charge in [-0.1, -0.05) is 95.0 Å². The molecule has 0 heterocycles. The zero-order valence-corrected chi connectivity index (χ0v) is 14.5. The van der Waals surface area contributed by atoms with Crippen molar-refractivity contribution in [2.24, 2.45) is 0 Å². The van der Waals surface area contributed by atoms with Crippen LogP contribution in [-0.2, 0) is 6.42 Å². The van der Waals surface area contributed by atoms with Crippen LogP contribution in [0.2, 0.25) is 0 Å². The van der Waals surface area contributed by atoms with Gasteiger partial charge < -0.3 is 5.21 Å². The van der Waals surface area contributed by atoms with Crippen molar-refractivity contribution in [3.8, 4) is 0 Å². The summed E-state index contributed by atoms with van der Waals surface area (Å²) in [4.78, 5) is 0. The largest absolute Gasteiger partial charge is 0.314 e. The van der Waals surface area contributed by atoms with E-state index in [4.69, 9.17) is 0 Å². The van der Waals surface area contributed by atoms with Gasteiger partial charge in [-0.15, -0.1) is 0 Å². The van der Waals surface area contributed by atoms with E-state index in [1.807, 2.05) is 6.07 Å². The van der Waals surface area contributed by atoms with Crippen molar-refractivity contribution in [3.05, 3.63) is 35.9 Å². The molecule has 1 aromatic carbocycles. The fourth-order valence-corrected chi connectivity index (χ4v) is 2.80. The van der Waals surface area contributed by atoms with Crippen LogP contribution in [0.3, 0.4) is 0 Å². The van der Waals surface area contributed by atoms with E-state index in [1.54, 1.807) is 0 Å². The van der Waals surface area contributed by atoms with E-state index >= 15 is 0 Å². The molecule has 0 aliphatic heterocycles. The first kappa shape index (κ1) is 19.2. The van der Waals surface area contributed by atoms with E-state index in [2.05, 4.69) is 31.2 Å². The van der Waals surface area contributed by atoms with E-state index in [0.29, 0.717) is 0 Å². The Morgan fingerprint density at radius 2 is 1.27 bits per heavy atom. The van der Waals surface area contributed by atoms with E-state index in [1.165, 1.54) is 68.4 Å². The quantitative estimate of drug-likeness (QED) is 0.345. The summed E-state index contributed by atoms with van der Waals surface area (Å²) in [7, 11) is 0. The number of benzene rings is 1. The third-order valence-electron chi connectivity index (χ3n) is 4.27. The third kappa shape index (κ3) is 10.8. The van der Waals surface area contributed by atoms with Crippen LogP contribution in [0.5, 0.6) is 0 Å². The van der Waals surface area contributed by atoms with Crippen molar-refractivity contribution in [1.82, 2.24) is 5.06 Å². The minimum atomic E-state index is 0.738. The Labute approximate surface area is 137 Å². The Kier molecular flexibility index (Phi) is 12.0. The summed E-state index contributed by atoms with van der Waals surface area (Å²) in [5, 5.41) is 11.4. The SMILES string of the molecule is CCCCCCCCCCCCN(O)CCc1ccccc1. The highest BCUT2D eigenvalue weighted by Gasteiger charge is 2.01. The lowest BCUT2D eigenvalue weighted by Crippen LogP contribution is -2.23. The predicted octanol–water partition coefficient (Wildman–Crippen LogP) is 5.84. The molecular formula is C20H35NO. The molecule has 1 N–H and O–H groups in total. The molecule has 0 bridgehead atoms. The van der Waals surface area contributed by atoms with Crippen molar-refractivity contribution in [1.29, 1.82) is 0 Å². The molecule has 0 saturated heterocycles. The molecule has 0 atom stereocenters. The maximum Gasteiger partial charge on any atom is 0.0278 e. The Morgan fingerprint density at radius 1 is 0.727 bits per heavy atom. The van der Waals surface area contributed by atoms with Crippen LogP contribution >= 0.6 is 0 Å². The lowest BCUT2D eigenvalue weighted by molar-refractivity contribution is -0.0905. The van der Waals surface area contributed by atoms with Gasteiger partial charge in [-0.25, -0.2) is 0 Å². The van der Waals surface area contributed by atoms with Crippen molar-refractivity contribution < 1.29 is 5.21 Å². The predicted molar refractivity (Wildman–Crippen MR) is 95.3 cm³/mol. The van der Waals surface area contributed by atoms with Gasteiger partial charge in [0.15, 0.2) is 0 Å². The summed E-state index contributed by atoms with van der Waals surface area (Å²) < 4.78 is 0. The maximum atomic E-state index is 9.87. The molecule has 0 fully saturated rings. The van der Waals surface area contributed by atoms with Crippen LogP contribution in [0.15, 0.2) is 30.3 Å². The van der Waals surface area contributed by atoms with Gasteiger partial charge in [-0.3, -0.25) is 0 Å². The molecule has 0 unspecified atom stereocenters. The molecule has 0 aliphatic carbocycles. The Balaban J connectivity index is 1.85. The molecule has 0 spiro atoms. The number of rotatable bonds is 14. The molecule has 0 aromatic heterocycles. The number of hydrogen-bond acceptors (Lipinski definition) is 2. The monoisotopic (exact) mass is 305 g/mol. The number of hydrogen-bond donors (Lipinski definition) is 1. The summed E-state index contributed by atoms with van der Waals surface area (Å²) in [6, 6.07) is 10.4. The summed E-state index contributed by atoms with van der Waals surface area (Å²) in [6.45, 7) is 3.81.